The Bertz CT molecular complexity index is 3530. The Hall–Kier alpha value is -6.99. The second kappa shape index (κ2) is 12.8. The van der Waals surface area contributed by atoms with Gasteiger partial charge in [0.15, 0.2) is 17.5 Å². The molecule has 0 fully saturated rings. The summed E-state index contributed by atoms with van der Waals surface area (Å²) in [6, 6.07) is 64.9. The molecular formula is C51H30N4S2. The summed E-state index contributed by atoms with van der Waals surface area (Å²) in [5.74, 6) is 2.01. The third-order valence-electron chi connectivity index (χ3n) is 11.1. The van der Waals surface area contributed by atoms with Crippen LogP contribution in [0.25, 0.3) is 113 Å². The van der Waals surface area contributed by atoms with Gasteiger partial charge in [-0.2, -0.15) is 0 Å². The zero-order chi connectivity index (χ0) is 37.5. The molecule has 0 bridgehead atoms. The first-order chi connectivity index (χ1) is 28.3. The van der Waals surface area contributed by atoms with Crippen molar-refractivity contribution < 1.29 is 0 Å². The van der Waals surface area contributed by atoms with Crippen molar-refractivity contribution in [3.8, 4) is 51.0 Å². The number of rotatable bonds is 5. The maximum absolute atomic E-state index is 5.29. The van der Waals surface area contributed by atoms with Crippen LogP contribution in [-0.2, 0) is 0 Å². The van der Waals surface area contributed by atoms with Crippen LogP contribution in [0.4, 0.5) is 0 Å². The third-order valence-corrected chi connectivity index (χ3v) is 13.5. The molecule has 8 aromatic carbocycles. The maximum Gasteiger partial charge on any atom is 0.165 e. The SMILES string of the molecule is c1ccc(-c2nc(-c3cccc4c3sc3ccccc34)nc(-c3cccc4c3sc3cc(-n5c6ccccc6c6cccc(-c7ccccc7)c65)ccc34)n2)cc1. The van der Waals surface area contributed by atoms with Crippen LogP contribution in [0, 0.1) is 0 Å². The molecule has 0 aliphatic heterocycles. The van der Waals surface area contributed by atoms with Gasteiger partial charge in [0.1, 0.15) is 0 Å². The van der Waals surface area contributed by atoms with Gasteiger partial charge in [-0.3, -0.25) is 0 Å². The first-order valence-electron chi connectivity index (χ1n) is 19.0. The van der Waals surface area contributed by atoms with Crippen LogP contribution in [0.1, 0.15) is 0 Å². The molecule has 266 valence electrons. The fraction of sp³-hybridized carbons (Fsp3) is 0. The standard InChI is InChI=1S/C51H30N4S2/c1-3-14-31(15-4-1)34-20-11-21-38-35-18-7-9-26-43(35)55(46(34)38)33-28-29-37-40-23-13-25-42(48(40)57-45(37)30-33)51-53-49(32-16-5-2-6-17-32)52-50(54-51)41-24-12-22-39-36-19-8-10-27-44(36)56-47(39)41/h1-30H. The topological polar surface area (TPSA) is 43.6 Å². The molecule has 0 amide bonds. The lowest BCUT2D eigenvalue weighted by Crippen LogP contribution is -2.00. The summed E-state index contributed by atoms with van der Waals surface area (Å²) in [5, 5.41) is 7.38. The number of benzene rings is 8. The molecule has 4 heterocycles. The lowest BCUT2D eigenvalue weighted by atomic mass is 10.0. The largest absolute Gasteiger partial charge is 0.309 e. The van der Waals surface area contributed by atoms with E-state index in [1.807, 2.05) is 18.2 Å². The number of aromatic nitrogens is 4. The monoisotopic (exact) mass is 762 g/mol. The molecule has 0 atom stereocenters. The van der Waals surface area contributed by atoms with Gasteiger partial charge in [0.2, 0.25) is 0 Å². The summed E-state index contributed by atoms with van der Waals surface area (Å²) in [5.41, 5.74) is 8.94. The van der Waals surface area contributed by atoms with E-state index in [4.69, 9.17) is 15.0 Å². The minimum atomic E-state index is 0.662. The van der Waals surface area contributed by atoms with Crippen molar-refractivity contribution in [2.24, 2.45) is 0 Å². The van der Waals surface area contributed by atoms with Crippen molar-refractivity contribution in [1.29, 1.82) is 0 Å². The van der Waals surface area contributed by atoms with Gasteiger partial charge in [-0.15, -0.1) is 22.7 Å². The number of fused-ring (bicyclic) bond motifs is 9. The Balaban J connectivity index is 1.07. The molecule has 4 nitrogen and oxygen atoms in total. The van der Waals surface area contributed by atoms with Crippen LogP contribution >= 0.6 is 22.7 Å². The Labute approximate surface area is 335 Å². The third kappa shape index (κ3) is 5.08. The molecule has 0 N–H and O–H groups in total. The van der Waals surface area contributed by atoms with Gasteiger partial charge in [-0.05, 0) is 42.0 Å². The smallest absolute Gasteiger partial charge is 0.165 e. The lowest BCUT2D eigenvalue weighted by molar-refractivity contribution is 1.08. The fourth-order valence-electron chi connectivity index (χ4n) is 8.50. The Morgan fingerprint density at radius 1 is 0.351 bits per heavy atom. The van der Waals surface area contributed by atoms with Gasteiger partial charge in [-0.25, -0.2) is 15.0 Å². The number of thiophene rings is 2. The highest BCUT2D eigenvalue weighted by molar-refractivity contribution is 7.26. The average Bonchev–Trinajstić information content (AvgIpc) is 3.96. The average molecular weight is 763 g/mol. The van der Waals surface area contributed by atoms with E-state index in [2.05, 4.69) is 168 Å². The fourth-order valence-corrected chi connectivity index (χ4v) is 11.0. The van der Waals surface area contributed by atoms with Gasteiger partial charge in [0.25, 0.3) is 0 Å². The van der Waals surface area contributed by atoms with E-state index in [1.165, 1.54) is 68.6 Å². The van der Waals surface area contributed by atoms with Crippen molar-refractivity contribution >= 4 is 84.8 Å². The second-order valence-corrected chi connectivity index (χ2v) is 16.4. The van der Waals surface area contributed by atoms with E-state index in [1.54, 1.807) is 22.7 Å². The van der Waals surface area contributed by atoms with Gasteiger partial charge < -0.3 is 4.57 Å². The van der Waals surface area contributed by atoms with Crippen molar-refractivity contribution in [2.75, 3.05) is 0 Å². The molecule has 0 unspecified atom stereocenters. The van der Waals surface area contributed by atoms with Crippen molar-refractivity contribution in [3.63, 3.8) is 0 Å². The van der Waals surface area contributed by atoms with Crippen LogP contribution < -0.4 is 0 Å². The highest BCUT2D eigenvalue weighted by Gasteiger charge is 2.21. The summed E-state index contributed by atoms with van der Waals surface area (Å²) in [6.07, 6.45) is 0. The first-order valence-corrected chi connectivity index (χ1v) is 20.7. The van der Waals surface area contributed by atoms with Crippen LogP contribution in [0.3, 0.4) is 0 Å². The molecule has 12 rings (SSSR count). The summed E-state index contributed by atoms with van der Waals surface area (Å²) in [7, 11) is 0. The Kier molecular flexibility index (Phi) is 7.24. The van der Waals surface area contributed by atoms with Crippen molar-refractivity contribution in [1.82, 2.24) is 19.5 Å². The van der Waals surface area contributed by atoms with Gasteiger partial charge in [0, 0.05) is 79.1 Å². The van der Waals surface area contributed by atoms with E-state index >= 15 is 0 Å². The van der Waals surface area contributed by atoms with Gasteiger partial charge in [-0.1, -0.05) is 146 Å². The Morgan fingerprint density at radius 2 is 0.877 bits per heavy atom. The number of para-hydroxylation sites is 2. The predicted octanol–water partition coefficient (Wildman–Crippen LogP) is 14.4. The van der Waals surface area contributed by atoms with Gasteiger partial charge >= 0.3 is 0 Å². The van der Waals surface area contributed by atoms with Crippen LogP contribution in [0.15, 0.2) is 182 Å². The quantitative estimate of drug-likeness (QED) is 0.175. The molecule has 0 saturated heterocycles. The summed E-state index contributed by atoms with van der Waals surface area (Å²) >= 11 is 3.60. The zero-order valence-electron chi connectivity index (χ0n) is 30.4. The molecule has 6 heteroatoms. The van der Waals surface area contributed by atoms with Crippen LogP contribution in [0.2, 0.25) is 0 Å². The minimum Gasteiger partial charge on any atom is -0.309 e. The molecule has 0 spiro atoms. The second-order valence-electron chi connectivity index (χ2n) is 14.3. The number of hydrogen-bond donors (Lipinski definition) is 0. The lowest BCUT2D eigenvalue weighted by Gasteiger charge is -2.12. The van der Waals surface area contributed by atoms with Gasteiger partial charge in [0.05, 0.1) is 11.0 Å². The van der Waals surface area contributed by atoms with Crippen LogP contribution in [-0.4, -0.2) is 19.5 Å². The summed E-state index contributed by atoms with van der Waals surface area (Å²) in [4.78, 5) is 15.6. The molecule has 12 aromatic rings. The zero-order valence-corrected chi connectivity index (χ0v) is 32.1. The van der Waals surface area contributed by atoms with Crippen LogP contribution in [0.5, 0.6) is 0 Å². The minimum absolute atomic E-state index is 0.662. The highest BCUT2D eigenvalue weighted by Crippen LogP contribution is 2.44. The molecule has 0 saturated carbocycles. The van der Waals surface area contributed by atoms with E-state index in [0.29, 0.717) is 17.5 Å². The number of nitrogens with zero attached hydrogens (tertiary/aromatic N) is 4. The van der Waals surface area contributed by atoms with Crippen molar-refractivity contribution in [3.05, 3.63) is 182 Å². The molecule has 0 aliphatic rings. The molecule has 0 aliphatic carbocycles. The summed E-state index contributed by atoms with van der Waals surface area (Å²) < 4.78 is 7.25. The first kappa shape index (κ1) is 32.3. The normalized spacial score (nSPS) is 11.9. The molecule has 4 aromatic heterocycles. The maximum atomic E-state index is 5.29. The molecular weight excluding hydrogens is 733 g/mol. The van der Waals surface area contributed by atoms with E-state index in [-0.39, 0.29) is 0 Å². The van der Waals surface area contributed by atoms with E-state index < -0.39 is 0 Å². The predicted molar refractivity (Wildman–Crippen MR) is 242 cm³/mol. The van der Waals surface area contributed by atoms with E-state index in [0.717, 1.165) is 27.1 Å². The highest BCUT2D eigenvalue weighted by atomic mass is 32.1. The Morgan fingerprint density at radius 3 is 1.60 bits per heavy atom. The van der Waals surface area contributed by atoms with Crippen molar-refractivity contribution in [2.45, 2.75) is 0 Å². The van der Waals surface area contributed by atoms with E-state index in [9.17, 15) is 0 Å². The number of hydrogen-bond acceptors (Lipinski definition) is 5. The molecule has 0 radical (unpaired) electrons. The molecule has 57 heavy (non-hydrogen) atoms. The summed E-state index contributed by atoms with van der Waals surface area (Å²) in [6.45, 7) is 0.